The lowest BCUT2D eigenvalue weighted by Gasteiger charge is -2.20. The Bertz CT molecular complexity index is 377. The summed E-state index contributed by atoms with van der Waals surface area (Å²) in [4.78, 5) is 0. The fourth-order valence-electron chi connectivity index (χ4n) is 2.24. The molecule has 1 aliphatic rings. The Morgan fingerprint density at radius 2 is 2.00 bits per heavy atom. The lowest BCUT2D eigenvalue weighted by molar-refractivity contribution is 0.0401. The molecule has 1 aromatic carbocycles. The van der Waals surface area contributed by atoms with E-state index >= 15 is 0 Å². The van der Waals surface area contributed by atoms with Gasteiger partial charge >= 0.3 is 0 Å². The monoisotopic (exact) mass is 241 g/mol. The summed E-state index contributed by atoms with van der Waals surface area (Å²) in [5.74, 6) is -1.07. The third-order valence-corrected chi connectivity index (χ3v) is 3.24. The van der Waals surface area contributed by atoms with Crippen LogP contribution < -0.4 is 5.73 Å². The molecule has 3 atom stereocenters. The van der Waals surface area contributed by atoms with Crippen LogP contribution in [0.2, 0.25) is 0 Å². The van der Waals surface area contributed by atoms with E-state index in [2.05, 4.69) is 0 Å². The molecular weight excluding hydrogens is 224 g/mol. The molecule has 1 fully saturated rings. The fourth-order valence-corrected chi connectivity index (χ4v) is 2.24. The van der Waals surface area contributed by atoms with Gasteiger partial charge in [0.15, 0.2) is 0 Å². The van der Waals surface area contributed by atoms with E-state index < -0.39 is 11.6 Å². The predicted molar refractivity (Wildman–Crippen MR) is 61.6 cm³/mol. The first-order chi connectivity index (χ1) is 8.08. The van der Waals surface area contributed by atoms with Crippen molar-refractivity contribution in [3.05, 3.63) is 35.4 Å². The smallest absolute Gasteiger partial charge is 0.129 e. The van der Waals surface area contributed by atoms with Gasteiger partial charge in [0.2, 0.25) is 0 Å². The highest BCUT2D eigenvalue weighted by Gasteiger charge is 2.28. The van der Waals surface area contributed by atoms with Crippen molar-refractivity contribution in [3.63, 3.8) is 0 Å². The molecule has 1 heterocycles. The summed E-state index contributed by atoms with van der Waals surface area (Å²) in [6.45, 7) is 1.98. The number of halogens is 2. The second-order valence-electron chi connectivity index (χ2n) is 4.63. The van der Waals surface area contributed by atoms with Crippen molar-refractivity contribution in [2.75, 3.05) is 0 Å². The van der Waals surface area contributed by atoms with Crippen molar-refractivity contribution >= 4 is 0 Å². The molecule has 2 rings (SSSR count). The molecule has 0 bridgehead atoms. The number of hydrogen-bond donors (Lipinski definition) is 1. The maximum atomic E-state index is 13.4. The van der Waals surface area contributed by atoms with Crippen LogP contribution in [0.5, 0.6) is 0 Å². The zero-order valence-electron chi connectivity index (χ0n) is 9.83. The van der Waals surface area contributed by atoms with Gasteiger partial charge in [-0.1, -0.05) is 6.07 Å². The Labute approximate surface area is 99.8 Å². The lowest BCUT2D eigenvalue weighted by atomic mass is 9.99. The molecule has 0 spiro atoms. The zero-order chi connectivity index (χ0) is 12.4. The van der Waals surface area contributed by atoms with Gasteiger partial charge in [0, 0.05) is 11.6 Å². The third-order valence-electron chi connectivity index (χ3n) is 3.24. The quantitative estimate of drug-likeness (QED) is 0.882. The average molecular weight is 241 g/mol. The van der Waals surface area contributed by atoms with Crippen LogP contribution in [0.1, 0.15) is 25.3 Å². The van der Waals surface area contributed by atoms with Crippen LogP contribution in [-0.2, 0) is 11.2 Å². The fraction of sp³-hybridized carbons (Fsp3) is 0.538. The first kappa shape index (κ1) is 12.5. The summed E-state index contributed by atoms with van der Waals surface area (Å²) in [7, 11) is 0. The Kier molecular flexibility index (Phi) is 3.74. The van der Waals surface area contributed by atoms with Crippen LogP contribution in [0.3, 0.4) is 0 Å². The van der Waals surface area contributed by atoms with Crippen LogP contribution in [0.4, 0.5) is 8.78 Å². The molecule has 1 aliphatic heterocycles. The lowest BCUT2D eigenvalue weighted by Crippen LogP contribution is -2.37. The minimum atomic E-state index is -0.536. The minimum Gasteiger partial charge on any atom is -0.374 e. The molecule has 0 amide bonds. The van der Waals surface area contributed by atoms with Crippen LogP contribution >= 0.6 is 0 Å². The largest absolute Gasteiger partial charge is 0.374 e. The molecule has 1 aromatic rings. The Balaban J connectivity index is 2.05. The minimum absolute atomic E-state index is 0.0585. The van der Waals surface area contributed by atoms with Gasteiger partial charge in [0.05, 0.1) is 12.2 Å². The van der Waals surface area contributed by atoms with Crippen molar-refractivity contribution in [2.45, 2.75) is 44.4 Å². The Morgan fingerprint density at radius 1 is 1.35 bits per heavy atom. The first-order valence-electron chi connectivity index (χ1n) is 5.92. The number of hydrogen-bond acceptors (Lipinski definition) is 2. The summed E-state index contributed by atoms with van der Waals surface area (Å²) in [6.07, 6.45) is 2.09. The van der Waals surface area contributed by atoms with Crippen molar-refractivity contribution in [3.8, 4) is 0 Å². The normalized spacial score (nSPS) is 26.1. The first-order valence-corrected chi connectivity index (χ1v) is 5.92. The van der Waals surface area contributed by atoms with Crippen LogP contribution in [-0.4, -0.2) is 18.2 Å². The van der Waals surface area contributed by atoms with Gasteiger partial charge in [-0.2, -0.15) is 0 Å². The van der Waals surface area contributed by atoms with E-state index in [4.69, 9.17) is 10.5 Å². The Morgan fingerprint density at radius 3 is 2.53 bits per heavy atom. The molecule has 94 valence electrons. The maximum Gasteiger partial charge on any atom is 0.129 e. The van der Waals surface area contributed by atoms with Crippen molar-refractivity contribution in [2.24, 2.45) is 5.73 Å². The van der Waals surface area contributed by atoms with Gasteiger partial charge in [-0.3, -0.25) is 0 Å². The SMILES string of the molecule is CC1CCC(C(N)Cc2c(F)cccc2F)O1. The maximum absolute atomic E-state index is 13.4. The van der Waals surface area contributed by atoms with Crippen molar-refractivity contribution < 1.29 is 13.5 Å². The average Bonchev–Trinajstić information content (AvgIpc) is 2.70. The summed E-state index contributed by atoms with van der Waals surface area (Å²) in [5, 5.41) is 0. The van der Waals surface area contributed by atoms with Gasteiger partial charge in [0.25, 0.3) is 0 Å². The molecule has 0 radical (unpaired) electrons. The molecule has 3 unspecified atom stereocenters. The molecule has 4 heteroatoms. The number of nitrogens with two attached hydrogens (primary N) is 1. The van der Waals surface area contributed by atoms with Gasteiger partial charge in [-0.15, -0.1) is 0 Å². The summed E-state index contributed by atoms with van der Waals surface area (Å²) >= 11 is 0. The van der Waals surface area contributed by atoms with Gasteiger partial charge < -0.3 is 10.5 Å². The molecule has 17 heavy (non-hydrogen) atoms. The summed E-state index contributed by atoms with van der Waals surface area (Å²) in [5.41, 5.74) is 6.01. The molecule has 1 saturated heterocycles. The third kappa shape index (κ3) is 2.82. The van der Waals surface area contributed by atoms with E-state index in [1.165, 1.54) is 18.2 Å². The highest BCUT2D eigenvalue weighted by atomic mass is 19.1. The Hall–Kier alpha value is -1.00. The predicted octanol–water partition coefficient (Wildman–Crippen LogP) is 2.40. The van der Waals surface area contributed by atoms with E-state index in [9.17, 15) is 8.78 Å². The number of benzene rings is 1. The zero-order valence-corrected chi connectivity index (χ0v) is 9.83. The highest BCUT2D eigenvalue weighted by Crippen LogP contribution is 2.23. The van der Waals surface area contributed by atoms with Crippen LogP contribution in [0.25, 0.3) is 0 Å². The topological polar surface area (TPSA) is 35.2 Å². The highest BCUT2D eigenvalue weighted by molar-refractivity contribution is 5.21. The molecule has 2 N–H and O–H groups in total. The molecule has 0 aromatic heterocycles. The van der Waals surface area contributed by atoms with Gasteiger partial charge in [0.1, 0.15) is 11.6 Å². The second kappa shape index (κ2) is 5.10. The van der Waals surface area contributed by atoms with E-state index in [0.29, 0.717) is 0 Å². The van der Waals surface area contributed by atoms with Crippen LogP contribution in [0.15, 0.2) is 18.2 Å². The van der Waals surface area contributed by atoms with E-state index in [0.717, 1.165) is 12.8 Å². The van der Waals surface area contributed by atoms with Gasteiger partial charge in [-0.25, -0.2) is 8.78 Å². The van der Waals surface area contributed by atoms with E-state index in [1.807, 2.05) is 6.92 Å². The van der Waals surface area contributed by atoms with E-state index in [-0.39, 0.29) is 30.2 Å². The second-order valence-corrected chi connectivity index (χ2v) is 4.63. The molecule has 0 aliphatic carbocycles. The summed E-state index contributed by atoms with van der Waals surface area (Å²) in [6, 6.07) is 3.51. The van der Waals surface area contributed by atoms with Gasteiger partial charge in [-0.05, 0) is 38.3 Å². The molecule has 0 saturated carbocycles. The van der Waals surface area contributed by atoms with Crippen molar-refractivity contribution in [1.82, 2.24) is 0 Å². The van der Waals surface area contributed by atoms with E-state index in [1.54, 1.807) is 0 Å². The molecule has 2 nitrogen and oxygen atoms in total. The molecular formula is C13H17F2NO. The number of rotatable bonds is 3. The summed E-state index contributed by atoms with van der Waals surface area (Å²) < 4.78 is 32.5. The van der Waals surface area contributed by atoms with Crippen molar-refractivity contribution in [1.29, 1.82) is 0 Å². The van der Waals surface area contributed by atoms with Crippen LogP contribution in [0, 0.1) is 11.6 Å². The number of ether oxygens (including phenoxy) is 1. The standard InChI is InChI=1S/C13H17F2NO/c1-8-5-6-13(17-8)12(16)7-9-10(14)3-2-4-11(9)15/h2-4,8,12-13H,5-7,16H2,1H3.